The Morgan fingerprint density at radius 2 is 1.40 bits per heavy atom. The van der Waals surface area contributed by atoms with Gasteiger partial charge in [-0.25, -0.2) is 0 Å². The van der Waals surface area contributed by atoms with Crippen molar-refractivity contribution < 1.29 is 4.42 Å². The molecule has 7 aromatic rings. The second-order valence-corrected chi connectivity index (χ2v) is 10.7. The number of furan rings is 1. The van der Waals surface area contributed by atoms with E-state index in [2.05, 4.69) is 103 Å². The topological polar surface area (TPSA) is 13.1 Å². The molecule has 1 aromatic heterocycles. The van der Waals surface area contributed by atoms with Crippen LogP contribution in [0.1, 0.15) is 0 Å². The molecule has 3 heterocycles. The molecule has 35 heavy (non-hydrogen) atoms. The van der Waals surface area contributed by atoms with Crippen molar-refractivity contribution in [1.29, 1.82) is 0 Å². The molecule has 6 aromatic carbocycles. The van der Waals surface area contributed by atoms with Crippen LogP contribution in [0.2, 0.25) is 0 Å². The number of benzene rings is 6. The highest BCUT2D eigenvalue weighted by Gasteiger charge is 2.39. The van der Waals surface area contributed by atoms with E-state index >= 15 is 0 Å². The van der Waals surface area contributed by atoms with E-state index in [4.69, 9.17) is 4.42 Å². The average Bonchev–Trinajstić information content (AvgIpc) is 3.29. The summed E-state index contributed by atoms with van der Waals surface area (Å²) in [6.07, 6.45) is 0. The Labute approximate surface area is 206 Å². The predicted octanol–water partition coefficient (Wildman–Crippen LogP) is 6.85. The van der Waals surface area contributed by atoms with Crippen LogP contribution in [0.5, 0.6) is 0 Å². The summed E-state index contributed by atoms with van der Waals surface area (Å²) in [7, 11) is 0. The molecule has 2 aliphatic heterocycles. The quantitative estimate of drug-likeness (QED) is 0.230. The lowest BCUT2D eigenvalue weighted by atomic mass is 9.33. The van der Waals surface area contributed by atoms with E-state index in [9.17, 15) is 0 Å². The minimum atomic E-state index is 0.230. The maximum atomic E-state index is 6.38. The fraction of sp³-hybridized carbons (Fsp3) is 0. The number of hydrogen-bond donors (Lipinski definition) is 0. The minimum absolute atomic E-state index is 0.230. The summed E-state index contributed by atoms with van der Waals surface area (Å²) in [5.41, 5.74) is 8.82. The zero-order valence-electron chi connectivity index (χ0n) is 18.7. The maximum Gasteiger partial charge on any atom is 0.245 e. The summed E-state index contributed by atoms with van der Waals surface area (Å²) >= 11 is 1.93. The van der Waals surface area contributed by atoms with E-state index < -0.39 is 0 Å². The van der Waals surface area contributed by atoms with Gasteiger partial charge in [-0.15, -0.1) is 0 Å². The average molecular weight is 460 g/mol. The number of rotatable bonds is 0. The molecule has 0 saturated carbocycles. The summed E-state index contributed by atoms with van der Waals surface area (Å²) in [5.74, 6) is 0. The lowest BCUT2D eigenvalue weighted by molar-refractivity contribution is 0.669. The molecule has 3 heteroatoms. The Morgan fingerprint density at radius 1 is 0.571 bits per heavy atom. The van der Waals surface area contributed by atoms with Crippen molar-refractivity contribution in [2.45, 2.75) is 9.79 Å². The first-order valence-electron chi connectivity index (χ1n) is 12.1. The minimum Gasteiger partial charge on any atom is -0.456 e. The molecule has 160 valence electrons. The van der Waals surface area contributed by atoms with Gasteiger partial charge in [-0.2, -0.15) is 0 Å². The third-order valence-electron chi connectivity index (χ3n) is 7.92. The Hall–Kier alpha value is -3.95. The summed E-state index contributed by atoms with van der Waals surface area (Å²) in [6.45, 7) is 0.230. The van der Waals surface area contributed by atoms with Gasteiger partial charge >= 0.3 is 0 Å². The van der Waals surface area contributed by atoms with Crippen molar-refractivity contribution in [2.24, 2.45) is 0 Å². The van der Waals surface area contributed by atoms with Gasteiger partial charge in [0.2, 0.25) is 6.71 Å². The zero-order valence-corrected chi connectivity index (χ0v) is 19.5. The molecule has 0 atom stereocenters. The van der Waals surface area contributed by atoms with Crippen molar-refractivity contribution in [1.82, 2.24) is 0 Å². The molecule has 0 bridgehead atoms. The van der Waals surface area contributed by atoms with E-state index in [0.717, 1.165) is 11.2 Å². The van der Waals surface area contributed by atoms with E-state index in [1.54, 1.807) is 0 Å². The second-order valence-electron chi connectivity index (χ2n) is 9.62. The van der Waals surface area contributed by atoms with Crippen LogP contribution in [0.25, 0.3) is 54.6 Å². The van der Waals surface area contributed by atoms with Crippen molar-refractivity contribution in [3.63, 3.8) is 0 Å². The summed E-state index contributed by atoms with van der Waals surface area (Å²) in [4.78, 5) is 2.76. The van der Waals surface area contributed by atoms with Crippen LogP contribution in [0, 0.1) is 0 Å². The lowest BCUT2D eigenvalue weighted by Crippen LogP contribution is -2.57. The molecule has 0 unspecified atom stereocenters. The number of fused-ring (bicyclic) bond motifs is 10. The Kier molecular flexibility index (Phi) is 3.35. The van der Waals surface area contributed by atoms with Gasteiger partial charge in [-0.3, -0.25) is 0 Å². The van der Waals surface area contributed by atoms with Gasteiger partial charge in [0, 0.05) is 20.6 Å². The molecule has 1 nitrogen and oxygen atoms in total. The fourth-order valence-corrected chi connectivity index (χ4v) is 7.84. The van der Waals surface area contributed by atoms with Gasteiger partial charge in [0.25, 0.3) is 0 Å². The molecule has 0 saturated heterocycles. The van der Waals surface area contributed by atoms with Crippen molar-refractivity contribution in [2.75, 3.05) is 0 Å². The summed E-state index contributed by atoms with van der Waals surface area (Å²) in [6, 6.07) is 37.8. The number of hydrogen-bond acceptors (Lipinski definition) is 2. The molecule has 0 fully saturated rings. The smallest absolute Gasteiger partial charge is 0.245 e. The van der Waals surface area contributed by atoms with Crippen molar-refractivity contribution in [3.05, 3.63) is 103 Å². The molecule has 0 spiro atoms. The van der Waals surface area contributed by atoms with E-state index in [1.165, 1.54) is 69.6 Å². The highest BCUT2D eigenvalue weighted by molar-refractivity contribution is 8.00. The molecular weight excluding hydrogens is 443 g/mol. The SMILES string of the molecule is c1cc2c3c(c1)-c1cc4oc5ccccc5c4c4cccc(c14)B3c1ccc3ccccc3c1S2. The second kappa shape index (κ2) is 6.38. The van der Waals surface area contributed by atoms with Crippen molar-refractivity contribution in [3.8, 4) is 11.1 Å². The highest BCUT2D eigenvalue weighted by Crippen LogP contribution is 2.44. The first-order chi connectivity index (χ1) is 17.4. The molecular formula is C32H17BOS. The summed E-state index contributed by atoms with van der Waals surface area (Å²) in [5, 5.41) is 7.73. The maximum absolute atomic E-state index is 6.38. The van der Waals surface area contributed by atoms with Gasteiger partial charge in [0.1, 0.15) is 11.2 Å². The normalized spacial score (nSPS) is 13.5. The highest BCUT2D eigenvalue weighted by atomic mass is 32.2. The van der Waals surface area contributed by atoms with Crippen LogP contribution in [-0.2, 0) is 0 Å². The van der Waals surface area contributed by atoms with Crippen LogP contribution in [-0.4, -0.2) is 6.71 Å². The van der Waals surface area contributed by atoms with Gasteiger partial charge in [0.15, 0.2) is 0 Å². The van der Waals surface area contributed by atoms with Crippen molar-refractivity contribution >= 4 is 78.3 Å². The van der Waals surface area contributed by atoms with Gasteiger partial charge in [0.05, 0.1) is 0 Å². The summed E-state index contributed by atoms with van der Waals surface area (Å²) < 4.78 is 6.38. The van der Waals surface area contributed by atoms with E-state index in [1.807, 2.05) is 11.8 Å². The van der Waals surface area contributed by atoms with Crippen LogP contribution < -0.4 is 16.4 Å². The Balaban J connectivity index is 1.49. The Morgan fingerprint density at radius 3 is 2.37 bits per heavy atom. The molecule has 0 N–H and O–H groups in total. The van der Waals surface area contributed by atoms with Crippen LogP contribution >= 0.6 is 11.8 Å². The van der Waals surface area contributed by atoms with Gasteiger partial charge < -0.3 is 4.42 Å². The molecule has 0 radical (unpaired) electrons. The molecule has 0 amide bonds. The Bertz CT molecular complexity index is 2050. The third kappa shape index (κ3) is 2.23. The van der Waals surface area contributed by atoms with E-state index in [-0.39, 0.29) is 6.71 Å². The van der Waals surface area contributed by atoms with Gasteiger partial charge in [-0.1, -0.05) is 108 Å². The fourth-order valence-electron chi connectivity index (χ4n) is 6.53. The first kappa shape index (κ1) is 18.4. The molecule has 9 rings (SSSR count). The van der Waals surface area contributed by atoms with Gasteiger partial charge in [-0.05, 0) is 56.3 Å². The van der Waals surface area contributed by atoms with Crippen LogP contribution in [0.3, 0.4) is 0 Å². The van der Waals surface area contributed by atoms with Crippen LogP contribution in [0.4, 0.5) is 0 Å². The largest absolute Gasteiger partial charge is 0.456 e. The standard InChI is InChI=1S/C32H17BOS/c1-2-8-19-18(7-1)15-16-25-32(19)35-28-14-6-10-20-23-17-27-30(21-9-3-4-13-26(21)34-27)22-11-5-12-24(29(22)23)33(25)31(20)28/h1-17H. The molecule has 0 aliphatic carbocycles. The first-order valence-corrected chi connectivity index (χ1v) is 12.9. The zero-order chi connectivity index (χ0) is 22.7. The third-order valence-corrected chi connectivity index (χ3v) is 9.16. The monoisotopic (exact) mass is 460 g/mol. The predicted molar refractivity (Wildman–Crippen MR) is 149 cm³/mol. The lowest BCUT2D eigenvalue weighted by Gasteiger charge is -2.33. The van der Waals surface area contributed by atoms with E-state index in [0.29, 0.717) is 0 Å². The molecule has 2 aliphatic rings. The van der Waals surface area contributed by atoms with Crippen LogP contribution in [0.15, 0.2) is 117 Å². The number of para-hydroxylation sites is 1.